The van der Waals surface area contributed by atoms with Crippen molar-refractivity contribution in [2.24, 2.45) is 11.8 Å². The van der Waals surface area contributed by atoms with E-state index in [1.54, 1.807) is 0 Å². The van der Waals surface area contributed by atoms with Crippen LogP contribution < -0.4 is 9.80 Å². The smallest absolute Gasteiger partial charge is 0.227 e. The van der Waals surface area contributed by atoms with E-state index in [0.29, 0.717) is 11.8 Å². The lowest BCUT2D eigenvalue weighted by Crippen LogP contribution is -2.37. The topological polar surface area (TPSA) is 52.5 Å². The van der Waals surface area contributed by atoms with Gasteiger partial charge in [0.15, 0.2) is 0 Å². The van der Waals surface area contributed by atoms with E-state index < -0.39 is 0 Å². The van der Waals surface area contributed by atoms with Crippen molar-refractivity contribution in [3.05, 3.63) is 47.7 Å². The molecular formula is C20H26N4O. The van der Waals surface area contributed by atoms with Gasteiger partial charge >= 0.3 is 0 Å². The molecule has 2 aliphatic heterocycles. The van der Waals surface area contributed by atoms with Gasteiger partial charge in [0.2, 0.25) is 5.95 Å². The highest BCUT2D eigenvalue weighted by molar-refractivity contribution is 5.49. The van der Waals surface area contributed by atoms with Crippen molar-refractivity contribution in [1.29, 1.82) is 0 Å². The predicted molar refractivity (Wildman–Crippen MR) is 99.5 cm³/mol. The Balaban J connectivity index is 1.45. The van der Waals surface area contributed by atoms with Crippen LogP contribution in [0.4, 0.5) is 11.8 Å². The molecule has 5 nitrogen and oxygen atoms in total. The van der Waals surface area contributed by atoms with Crippen LogP contribution in [0.25, 0.3) is 0 Å². The van der Waals surface area contributed by atoms with E-state index in [2.05, 4.69) is 46.0 Å². The maximum Gasteiger partial charge on any atom is 0.227 e. The highest BCUT2D eigenvalue weighted by atomic mass is 16.3. The average Bonchev–Trinajstić information content (AvgIpc) is 3.12. The fourth-order valence-electron chi connectivity index (χ4n) is 3.98. The highest BCUT2D eigenvalue weighted by Gasteiger charge is 2.26. The van der Waals surface area contributed by atoms with Crippen molar-refractivity contribution >= 4 is 11.8 Å². The zero-order valence-corrected chi connectivity index (χ0v) is 14.8. The molecule has 1 atom stereocenters. The third kappa shape index (κ3) is 3.33. The van der Waals surface area contributed by atoms with E-state index >= 15 is 0 Å². The van der Waals surface area contributed by atoms with Crippen molar-refractivity contribution in [3.8, 4) is 0 Å². The fourth-order valence-corrected chi connectivity index (χ4v) is 3.98. The van der Waals surface area contributed by atoms with Gasteiger partial charge in [-0.15, -0.1) is 0 Å². The number of aliphatic hydroxyl groups excluding tert-OH is 1. The number of aliphatic hydroxyl groups is 1. The standard InChI is InChI=1S/C20H26N4O/c1-15(14-25)16-7-10-23(11-8-16)20-21-9-6-19(22-20)24-12-17-4-2-3-5-18(17)13-24/h2-6,9,15-16,25H,7-8,10-14H2,1H3. The Morgan fingerprint density at radius 1 is 1.08 bits per heavy atom. The molecule has 2 aromatic rings. The minimum absolute atomic E-state index is 0.284. The summed E-state index contributed by atoms with van der Waals surface area (Å²) in [5.74, 6) is 2.84. The van der Waals surface area contributed by atoms with Gasteiger partial charge in [0.05, 0.1) is 0 Å². The molecule has 1 aromatic heterocycles. The maximum absolute atomic E-state index is 9.36. The van der Waals surface area contributed by atoms with Gasteiger partial charge in [-0.3, -0.25) is 0 Å². The van der Waals surface area contributed by atoms with Gasteiger partial charge in [-0.2, -0.15) is 4.98 Å². The summed E-state index contributed by atoms with van der Waals surface area (Å²) in [4.78, 5) is 14.0. The summed E-state index contributed by atoms with van der Waals surface area (Å²) in [5, 5.41) is 9.36. The fraction of sp³-hybridized carbons (Fsp3) is 0.500. The number of fused-ring (bicyclic) bond motifs is 1. The van der Waals surface area contributed by atoms with Crippen molar-refractivity contribution in [2.75, 3.05) is 29.5 Å². The van der Waals surface area contributed by atoms with Crippen LogP contribution in [0, 0.1) is 11.8 Å². The van der Waals surface area contributed by atoms with Gasteiger partial charge in [0, 0.05) is 39.0 Å². The van der Waals surface area contributed by atoms with Crippen LogP contribution in [0.5, 0.6) is 0 Å². The van der Waals surface area contributed by atoms with Gasteiger partial charge in [0.1, 0.15) is 5.82 Å². The van der Waals surface area contributed by atoms with E-state index in [-0.39, 0.29) is 6.61 Å². The summed E-state index contributed by atoms with van der Waals surface area (Å²) < 4.78 is 0. The number of hydrogen-bond donors (Lipinski definition) is 1. The molecule has 1 unspecified atom stereocenters. The first-order chi connectivity index (χ1) is 12.2. The van der Waals surface area contributed by atoms with Crippen molar-refractivity contribution < 1.29 is 5.11 Å². The molecule has 4 rings (SSSR count). The molecule has 0 bridgehead atoms. The van der Waals surface area contributed by atoms with Gasteiger partial charge in [-0.05, 0) is 41.9 Å². The van der Waals surface area contributed by atoms with Crippen LogP contribution in [0.2, 0.25) is 0 Å². The average molecular weight is 338 g/mol. The third-order valence-corrected chi connectivity index (χ3v) is 5.71. The predicted octanol–water partition coefficient (Wildman–Crippen LogP) is 2.84. The number of hydrogen-bond acceptors (Lipinski definition) is 5. The number of anilines is 2. The second-order valence-corrected chi connectivity index (χ2v) is 7.32. The second kappa shape index (κ2) is 7.00. The Kier molecular flexibility index (Phi) is 4.57. The van der Waals surface area contributed by atoms with E-state index in [0.717, 1.165) is 50.8 Å². The Bertz CT molecular complexity index is 702. The summed E-state index contributed by atoms with van der Waals surface area (Å²) in [6, 6.07) is 10.6. The first-order valence-electron chi connectivity index (χ1n) is 9.25. The molecule has 1 aromatic carbocycles. The van der Waals surface area contributed by atoms with Crippen LogP contribution in [-0.2, 0) is 13.1 Å². The van der Waals surface area contributed by atoms with Gasteiger partial charge in [-0.25, -0.2) is 4.98 Å². The Labute approximate surface area is 149 Å². The van der Waals surface area contributed by atoms with Crippen LogP contribution in [-0.4, -0.2) is 34.8 Å². The molecule has 0 aliphatic carbocycles. The number of piperidine rings is 1. The Morgan fingerprint density at radius 2 is 1.76 bits per heavy atom. The third-order valence-electron chi connectivity index (χ3n) is 5.71. The zero-order valence-electron chi connectivity index (χ0n) is 14.8. The molecule has 25 heavy (non-hydrogen) atoms. The van der Waals surface area contributed by atoms with Crippen molar-refractivity contribution in [2.45, 2.75) is 32.9 Å². The second-order valence-electron chi connectivity index (χ2n) is 7.32. The Morgan fingerprint density at radius 3 is 2.40 bits per heavy atom. The minimum atomic E-state index is 0.284. The molecule has 0 radical (unpaired) electrons. The summed E-state index contributed by atoms with van der Waals surface area (Å²) in [7, 11) is 0. The van der Waals surface area contributed by atoms with Gasteiger partial charge in [-0.1, -0.05) is 31.2 Å². The largest absolute Gasteiger partial charge is 0.396 e. The lowest BCUT2D eigenvalue weighted by Gasteiger charge is -2.34. The molecule has 0 amide bonds. The summed E-state index contributed by atoms with van der Waals surface area (Å²) >= 11 is 0. The SMILES string of the molecule is CC(CO)C1CCN(c2nccc(N3Cc4ccccc4C3)n2)CC1. The van der Waals surface area contributed by atoms with Gasteiger partial charge < -0.3 is 14.9 Å². The lowest BCUT2D eigenvalue weighted by molar-refractivity contribution is 0.170. The summed E-state index contributed by atoms with van der Waals surface area (Å²) in [6.45, 7) is 6.21. The molecule has 132 valence electrons. The van der Waals surface area contributed by atoms with Gasteiger partial charge in [0.25, 0.3) is 0 Å². The van der Waals surface area contributed by atoms with E-state index in [9.17, 15) is 5.11 Å². The number of nitrogens with zero attached hydrogens (tertiary/aromatic N) is 4. The van der Waals surface area contributed by atoms with Crippen LogP contribution in [0.1, 0.15) is 30.9 Å². The van der Waals surface area contributed by atoms with E-state index in [4.69, 9.17) is 4.98 Å². The highest BCUT2D eigenvalue weighted by Crippen LogP contribution is 2.29. The normalized spacial score (nSPS) is 19.1. The molecule has 1 saturated heterocycles. The number of rotatable bonds is 4. The van der Waals surface area contributed by atoms with Crippen LogP contribution >= 0.6 is 0 Å². The summed E-state index contributed by atoms with van der Waals surface area (Å²) in [5.41, 5.74) is 2.78. The molecule has 2 aliphatic rings. The summed E-state index contributed by atoms with van der Waals surface area (Å²) in [6.07, 6.45) is 4.08. The molecule has 1 fully saturated rings. The minimum Gasteiger partial charge on any atom is -0.396 e. The van der Waals surface area contributed by atoms with Crippen molar-refractivity contribution in [3.63, 3.8) is 0 Å². The quantitative estimate of drug-likeness (QED) is 0.929. The molecule has 1 N–H and O–H groups in total. The van der Waals surface area contributed by atoms with Crippen molar-refractivity contribution in [1.82, 2.24) is 9.97 Å². The Hall–Kier alpha value is -2.14. The number of aromatic nitrogens is 2. The molecule has 5 heteroatoms. The van der Waals surface area contributed by atoms with E-state index in [1.807, 2.05) is 12.3 Å². The zero-order chi connectivity index (χ0) is 17.2. The first-order valence-corrected chi connectivity index (χ1v) is 9.25. The molecule has 0 saturated carbocycles. The lowest BCUT2D eigenvalue weighted by atomic mass is 9.86. The maximum atomic E-state index is 9.36. The first kappa shape index (κ1) is 16.3. The van der Waals surface area contributed by atoms with E-state index in [1.165, 1.54) is 11.1 Å². The number of benzene rings is 1. The monoisotopic (exact) mass is 338 g/mol. The molecular weight excluding hydrogens is 312 g/mol. The van der Waals surface area contributed by atoms with Crippen LogP contribution in [0.3, 0.4) is 0 Å². The van der Waals surface area contributed by atoms with Crippen LogP contribution in [0.15, 0.2) is 36.5 Å². The molecule has 3 heterocycles. The molecule has 0 spiro atoms.